The zero-order chi connectivity index (χ0) is 13.5. The van der Waals surface area contributed by atoms with Crippen LogP contribution in [-0.2, 0) is 11.2 Å². The number of anilines is 1. The Morgan fingerprint density at radius 1 is 1.05 bits per heavy atom. The van der Waals surface area contributed by atoms with Crippen LogP contribution in [0.25, 0.3) is 0 Å². The molecule has 2 N–H and O–H groups in total. The standard InChI is InChI=1S/C15H16N2O2/c18-15(19)7-10-17-14-3-1-12(2-4-14)11-13-5-8-16-9-6-13/h1-6,8-9,17H,7,10-11H2,(H,18,19). The summed E-state index contributed by atoms with van der Waals surface area (Å²) in [7, 11) is 0. The summed E-state index contributed by atoms with van der Waals surface area (Å²) in [6.45, 7) is 0.443. The van der Waals surface area contributed by atoms with E-state index in [1.807, 2.05) is 36.4 Å². The van der Waals surface area contributed by atoms with Gasteiger partial charge in [0.1, 0.15) is 0 Å². The third-order valence-corrected chi connectivity index (χ3v) is 2.78. The Labute approximate surface area is 112 Å². The highest BCUT2D eigenvalue weighted by molar-refractivity contribution is 5.67. The number of aromatic nitrogens is 1. The molecular formula is C15H16N2O2. The number of nitrogens with zero attached hydrogens (tertiary/aromatic N) is 1. The number of rotatable bonds is 6. The summed E-state index contributed by atoms with van der Waals surface area (Å²) in [5.74, 6) is -0.790. The van der Waals surface area contributed by atoms with Gasteiger partial charge in [0, 0.05) is 24.6 Å². The van der Waals surface area contributed by atoms with E-state index in [1.165, 1.54) is 11.1 Å². The maximum Gasteiger partial charge on any atom is 0.305 e. The third-order valence-electron chi connectivity index (χ3n) is 2.78. The molecule has 0 atom stereocenters. The number of hydrogen-bond donors (Lipinski definition) is 2. The molecule has 1 aromatic heterocycles. The molecule has 4 heteroatoms. The second-order valence-electron chi connectivity index (χ2n) is 4.30. The van der Waals surface area contributed by atoms with Crippen LogP contribution in [0.5, 0.6) is 0 Å². The van der Waals surface area contributed by atoms with Crippen molar-refractivity contribution in [2.75, 3.05) is 11.9 Å². The lowest BCUT2D eigenvalue weighted by Gasteiger charge is -2.06. The number of carbonyl (C=O) groups is 1. The number of pyridine rings is 1. The summed E-state index contributed by atoms with van der Waals surface area (Å²) in [6.07, 6.45) is 4.57. The van der Waals surface area contributed by atoms with Crippen LogP contribution in [0.4, 0.5) is 5.69 Å². The first-order chi connectivity index (χ1) is 9.24. The molecule has 0 saturated heterocycles. The van der Waals surface area contributed by atoms with E-state index >= 15 is 0 Å². The van der Waals surface area contributed by atoms with Crippen LogP contribution in [0.15, 0.2) is 48.8 Å². The molecule has 0 amide bonds. The summed E-state index contributed by atoms with van der Waals surface area (Å²) < 4.78 is 0. The van der Waals surface area contributed by atoms with Crippen molar-refractivity contribution in [3.8, 4) is 0 Å². The monoisotopic (exact) mass is 256 g/mol. The maximum atomic E-state index is 10.4. The van der Waals surface area contributed by atoms with Crippen molar-refractivity contribution in [2.45, 2.75) is 12.8 Å². The molecule has 0 aliphatic carbocycles. The van der Waals surface area contributed by atoms with Gasteiger partial charge in [0.2, 0.25) is 0 Å². The molecule has 0 unspecified atom stereocenters. The molecule has 2 aromatic rings. The van der Waals surface area contributed by atoms with Crippen LogP contribution < -0.4 is 5.32 Å². The van der Waals surface area contributed by atoms with Crippen LogP contribution in [-0.4, -0.2) is 22.6 Å². The Balaban J connectivity index is 1.89. The Bertz CT molecular complexity index is 524. The van der Waals surface area contributed by atoms with E-state index in [0.29, 0.717) is 6.54 Å². The zero-order valence-corrected chi connectivity index (χ0v) is 10.5. The van der Waals surface area contributed by atoms with Crippen LogP contribution in [0.1, 0.15) is 17.5 Å². The summed E-state index contributed by atoms with van der Waals surface area (Å²) >= 11 is 0. The number of carboxylic acid groups (broad SMARTS) is 1. The summed E-state index contributed by atoms with van der Waals surface area (Å²) in [5.41, 5.74) is 3.39. The first-order valence-corrected chi connectivity index (χ1v) is 6.17. The van der Waals surface area contributed by atoms with Crippen molar-refractivity contribution in [2.24, 2.45) is 0 Å². The predicted octanol–water partition coefficient (Wildman–Crippen LogP) is 2.56. The Morgan fingerprint density at radius 3 is 2.32 bits per heavy atom. The van der Waals surface area contributed by atoms with Gasteiger partial charge in [-0.15, -0.1) is 0 Å². The van der Waals surface area contributed by atoms with Crippen molar-refractivity contribution >= 4 is 11.7 Å². The van der Waals surface area contributed by atoms with E-state index < -0.39 is 5.97 Å². The molecule has 0 bridgehead atoms. The molecule has 1 aromatic carbocycles. The highest BCUT2D eigenvalue weighted by Crippen LogP contribution is 2.13. The smallest absolute Gasteiger partial charge is 0.305 e. The molecular weight excluding hydrogens is 240 g/mol. The van der Waals surface area contributed by atoms with E-state index in [2.05, 4.69) is 10.3 Å². The Hall–Kier alpha value is -2.36. The van der Waals surface area contributed by atoms with Gasteiger partial charge >= 0.3 is 5.97 Å². The van der Waals surface area contributed by atoms with Crippen LogP contribution in [0, 0.1) is 0 Å². The van der Waals surface area contributed by atoms with Gasteiger partial charge in [-0.25, -0.2) is 0 Å². The van der Waals surface area contributed by atoms with Crippen LogP contribution in [0.3, 0.4) is 0 Å². The van der Waals surface area contributed by atoms with Gasteiger partial charge < -0.3 is 10.4 Å². The minimum Gasteiger partial charge on any atom is -0.481 e. The van der Waals surface area contributed by atoms with Crippen LogP contribution in [0.2, 0.25) is 0 Å². The third kappa shape index (κ3) is 4.43. The second kappa shape index (κ2) is 6.54. The lowest BCUT2D eigenvalue weighted by atomic mass is 10.1. The fourth-order valence-electron chi connectivity index (χ4n) is 1.79. The minimum absolute atomic E-state index is 0.124. The Kier molecular flexibility index (Phi) is 4.50. The molecule has 0 radical (unpaired) electrons. The van der Waals surface area contributed by atoms with E-state index in [9.17, 15) is 4.79 Å². The highest BCUT2D eigenvalue weighted by Gasteiger charge is 1.98. The summed E-state index contributed by atoms with van der Waals surface area (Å²) in [6, 6.07) is 12.0. The first kappa shape index (κ1) is 13.1. The van der Waals surface area contributed by atoms with Crippen molar-refractivity contribution in [1.82, 2.24) is 4.98 Å². The average Bonchev–Trinajstić information content (AvgIpc) is 2.42. The van der Waals surface area contributed by atoms with Crippen molar-refractivity contribution < 1.29 is 9.90 Å². The molecule has 2 rings (SSSR count). The van der Waals surface area contributed by atoms with E-state index in [1.54, 1.807) is 12.4 Å². The zero-order valence-electron chi connectivity index (χ0n) is 10.5. The normalized spacial score (nSPS) is 10.1. The molecule has 19 heavy (non-hydrogen) atoms. The predicted molar refractivity (Wildman–Crippen MR) is 74.2 cm³/mol. The molecule has 1 heterocycles. The summed E-state index contributed by atoms with van der Waals surface area (Å²) in [5, 5.41) is 11.6. The van der Waals surface area contributed by atoms with Crippen LogP contribution >= 0.6 is 0 Å². The van der Waals surface area contributed by atoms with Gasteiger partial charge in [0.15, 0.2) is 0 Å². The average molecular weight is 256 g/mol. The lowest BCUT2D eigenvalue weighted by Crippen LogP contribution is -2.07. The van der Waals surface area contributed by atoms with Gasteiger partial charge in [-0.3, -0.25) is 9.78 Å². The largest absolute Gasteiger partial charge is 0.481 e. The number of carboxylic acids is 1. The van der Waals surface area contributed by atoms with Gasteiger partial charge in [-0.2, -0.15) is 0 Å². The highest BCUT2D eigenvalue weighted by atomic mass is 16.4. The van der Waals surface area contributed by atoms with E-state index in [0.717, 1.165) is 12.1 Å². The first-order valence-electron chi connectivity index (χ1n) is 6.17. The quantitative estimate of drug-likeness (QED) is 0.833. The number of aliphatic carboxylic acids is 1. The second-order valence-corrected chi connectivity index (χ2v) is 4.30. The van der Waals surface area contributed by atoms with E-state index in [4.69, 9.17) is 5.11 Å². The molecule has 0 spiro atoms. The SMILES string of the molecule is O=C(O)CCNc1ccc(Cc2ccncc2)cc1. The van der Waals surface area contributed by atoms with Gasteiger partial charge in [0.25, 0.3) is 0 Å². The maximum absolute atomic E-state index is 10.4. The van der Waals surface area contributed by atoms with Gasteiger partial charge in [-0.05, 0) is 41.8 Å². The van der Waals surface area contributed by atoms with Gasteiger partial charge in [-0.1, -0.05) is 12.1 Å². The molecule has 0 fully saturated rings. The molecule has 0 saturated carbocycles. The fraction of sp³-hybridized carbons (Fsp3) is 0.200. The molecule has 98 valence electrons. The lowest BCUT2D eigenvalue weighted by molar-refractivity contribution is -0.136. The fourth-order valence-corrected chi connectivity index (χ4v) is 1.79. The molecule has 0 aliphatic heterocycles. The molecule has 4 nitrogen and oxygen atoms in total. The number of hydrogen-bond acceptors (Lipinski definition) is 3. The molecule has 0 aliphatic rings. The summed E-state index contributed by atoms with van der Waals surface area (Å²) in [4.78, 5) is 14.4. The Morgan fingerprint density at radius 2 is 1.68 bits per heavy atom. The number of benzene rings is 1. The topological polar surface area (TPSA) is 62.2 Å². The number of nitrogens with one attached hydrogen (secondary N) is 1. The van der Waals surface area contributed by atoms with Crippen molar-refractivity contribution in [3.05, 3.63) is 59.9 Å². The minimum atomic E-state index is -0.790. The van der Waals surface area contributed by atoms with Crippen molar-refractivity contribution in [3.63, 3.8) is 0 Å². The van der Waals surface area contributed by atoms with Gasteiger partial charge in [0.05, 0.1) is 6.42 Å². The van der Waals surface area contributed by atoms with Crippen molar-refractivity contribution in [1.29, 1.82) is 0 Å². The van der Waals surface area contributed by atoms with E-state index in [-0.39, 0.29) is 6.42 Å².